The summed E-state index contributed by atoms with van der Waals surface area (Å²) in [4.78, 5) is 0. The largest absolute Gasteiger partial charge is 0.346 e. The SMILES string of the molecule is C=CCCCP(=S)(OCCCCCC)c1ccc(Br)cc1. The van der Waals surface area contributed by atoms with Gasteiger partial charge in [-0.3, -0.25) is 0 Å². The molecule has 0 saturated carbocycles. The zero-order valence-electron chi connectivity index (χ0n) is 12.9. The molecule has 0 fully saturated rings. The molecular formula is C17H26BrOPS. The second-order valence-electron chi connectivity index (χ2n) is 5.20. The van der Waals surface area contributed by atoms with Gasteiger partial charge in [-0.15, -0.1) is 6.58 Å². The Morgan fingerprint density at radius 2 is 1.90 bits per heavy atom. The van der Waals surface area contributed by atoms with Crippen molar-refractivity contribution < 1.29 is 4.52 Å². The van der Waals surface area contributed by atoms with E-state index >= 15 is 0 Å². The first-order valence-corrected chi connectivity index (χ1v) is 11.4. The summed E-state index contributed by atoms with van der Waals surface area (Å²) >= 11 is 9.42. The Kier molecular flexibility index (Phi) is 9.75. The summed E-state index contributed by atoms with van der Waals surface area (Å²) in [5, 5.41) is 1.19. The van der Waals surface area contributed by atoms with Crippen molar-refractivity contribution in [1.82, 2.24) is 0 Å². The summed E-state index contributed by atoms with van der Waals surface area (Å²) in [6, 6.07) is 8.35. The van der Waals surface area contributed by atoms with Crippen LogP contribution in [0.4, 0.5) is 0 Å². The normalized spacial score (nSPS) is 13.8. The quantitative estimate of drug-likeness (QED) is 0.260. The number of allylic oxidation sites excluding steroid dienone is 1. The molecule has 0 aliphatic heterocycles. The van der Waals surface area contributed by atoms with Crippen LogP contribution in [0.25, 0.3) is 0 Å². The highest BCUT2D eigenvalue weighted by Crippen LogP contribution is 2.47. The predicted molar refractivity (Wildman–Crippen MR) is 102 cm³/mol. The van der Waals surface area contributed by atoms with Gasteiger partial charge in [-0.2, -0.15) is 0 Å². The molecule has 0 radical (unpaired) electrons. The molecule has 21 heavy (non-hydrogen) atoms. The van der Waals surface area contributed by atoms with E-state index in [4.69, 9.17) is 16.3 Å². The van der Waals surface area contributed by atoms with E-state index < -0.39 is 6.26 Å². The van der Waals surface area contributed by atoms with Crippen LogP contribution in [0.5, 0.6) is 0 Å². The van der Waals surface area contributed by atoms with Gasteiger partial charge in [0.25, 0.3) is 0 Å². The summed E-state index contributed by atoms with van der Waals surface area (Å²) in [7, 11) is 0. The number of rotatable bonds is 11. The lowest BCUT2D eigenvalue weighted by molar-refractivity contribution is 0.338. The molecule has 0 saturated heterocycles. The fraction of sp³-hybridized carbons (Fsp3) is 0.529. The maximum absolute atomic E-state index is 6.23. The van der Waals surface area contributed by atoms with Crippen LogP contribution in [-0.4, -0.2) is 12.8 Å². The van der Waals surface area contributed by atoms with Crippen LogP contribution in [0.3, 0.4) is 0 Å². The Morgan fingerprint density at radius 1 is 1.19 bits per heavy atom. The van der Waals surface area contributed by atoms with E-state index in [2.05, 4.69) is 53.7 Å². The summed E-state index contributed by atoms with van der Waals surface area (Å²) in [5.41, 5.74) is 0. The molecule has 0 aromatic heterocycles. The first-order chi connectivity index (χ1) is 10.1. The summed E-state index contributed by atoms with van der Waals surface area (Å²) in [6.07, 6.45) is 7.97. The van der Waals surface area contributed by atoms with Crippen molar-refractivity contribution in [2.45, 2.75) is 45.4 Å². The van der Waals surface area contributed by atoms with Crippen LogP contribution in [0, 0.1) is 0 Å². The predicted octanol–water partition coefficient (Wildman–Crippen LogP) is 6.03. The standard InChI is InChI=1S/C17H26BrOPS/c1-3-5-7-8-14-19-20(21,15-9-6-4-2)17-12-10-16(18)11-13-17/h4,10-13H,2-3,5-9,14-15H2,1H3. The maximum Gasteiger partial charge on any atom is 0.0947 e. The zero-order chi connectivity index (χ0) is 15.6. The molecule has 1 aromatic carbocycles. The van der Waals surface area contributed by atoms with E-state index in [0.29, 0.717) is 0 Å². The monoisotopic (exact) mass is 388 g/mol. The molecule has 1 atom stereocenters. The Balaban J connectivity index is 2.67. The Bertz CT molecular complexity index is 458. The molecule has 1 unspecified atom stereocenters. The van der Waals surface area contributed by atoms with Crippen molar-refractivity contribution >= 4 is 39.3 Å². The molecule has 1 aromatic rings. The van der Waals surface area contributed by atoms with Gasteiger partial charge >= 0.3 is 0 Å². The molecule has 0 aliphatic carbocycles. The highest BCUT2D eigenvalue weighted by Gasteiger charge is 2.20. The van der Waals surface area contributed by atoms with Gasteiger partial charge in [-0.25, -0.2) is 0 Å². The van der Waals surface area contributed by atoms with Crippen molar-refractivity contribution in [2.75, 3.05) is 12.8 Å². The van der Waals surface area contributed by atoms with Crippen LogP contribution in [0.15, 0.2) is 41.4 Å². The van der Waals surface area contributed by atoms with Gasteiger partial charge in [-0.05, 0) is 31.4 Å². The van der Waals surface area contributed by atoms with Gasteiger partial charge < -0.3 is 4.52 Å². The lowest BCUT2D eigenvalue weighted by atomic mass is 10.2. The third kappa shape index (κ3) is 7.23. The molecule has 1 nitrogen and oxygen atoms in total. The fourth-order valence-electron chi connectivity index (χ4n) is 2.12. The molecule has 1 rings (SSSR count). The van der Waals surface area contributed by atoms with Crippen LogP contribution in [-0.2, 0) is 16.3 Å². The van der Waals surface area contributed by atoms with Crippen molar-refractivity contribution in [2.24, 2.45) is 0 Å². The highest BCUT2D eigenvalue weighted by atomic mass is 79.9. The second-order valence-corrected chi connectivity index (χ2v) is 10.5. The van der Waals surface area contributed by atoms with Crippen molar-refractivity contribution in [1.29, 1.82) is 0 Å². The van der Waals surface area contributed by atoms with Gasteiger partial charge in [0.2, 0.25) is 0 Å². The number of hydrogen-bond donors (Lipinski definition) is 0. The van der Waals surface area contributed by atoms with E-state index in [1.165, 1.54) is 24.6 Å². The first-order valence-electron chi connectivity index (χ1n) is 7.73. The van der Waals surface area contributed by atoms with Crippen molar-refractivity contribution in [3.05, 3.63) is 41.4 Å². The molecule has 4 heteroatoms. The van der Waals surface area contributed by atoms with Crippen molar-refractivity contribution in [3.63, 3.8) is 0 Å². The average molecular weight is 389 g/mol. The topological polar surface area (TPSA) is 9.23 Å². The summed E-state index contributed by atoms with van der Waals surface area (Å²) < 4.78 is 7.31. The smallest absolute Gasteiger partial charge is 0.0947 e. The number of halogens is 1. The van der Waals surface area contributed by atoms with Gasteiger partial charge in [0.15, 0.2) is 0 Å². The zero-order valence-corrected chi connectivity index (χ0v) is 16.2. The minimum atomic E-state index is -1.91. The second kappa shape index (κ2) is 10.7. The lowest BCUT2D eigenvalue weighted by Gasteiger charge is -2.23. The fourth-order valence-corrected chi connectivity index (χ4v) is 5.52. The lowest BCUT2D eigenvalue weighted by Crippen LogP contribution is -2.11. The molecule has 0 bridgehead atoms. The Morgan fingerprint density at radius 3 is 2.52 bits per heavy atom. The third-order valence-electron chi connectivity index (χ3n) is 3.38. The Hall–Kier alpha value is 0.0500. The van der Waals surface area contributed by atoms with E-state index in [0.717, 1.165) is 36.5 Å². The van der Waals surface area contributed by atoms with Crippen LogP contribution < -0.4 is 5.30 Å². The van der Waals surface area contributed by atoms with Crippen LogP contribution >= 0.6 is 22.2 Å². The van der Waals surface area contributed by atoms with Crippen LogP contribution in [0.1, 0.15) is 45.4 Å². The number of hydrogen-bond acceptors (Lipinski definition) is 2. The molecule has 118 valence electrons. The van der Waals surface area contributed by atoms with Gasteiger partial charge in [0.1, 0.15) is 0 Å². The minimum absolute atomic E-state index is 0.793. The van der Waals surface area contributed by atoms with E-state index in [-0.39, 0.29) is 0 Å². The highest BCUT2D eigenvalue weighted by molar-refractivity contribution is 9.10. The van der Waals surface area contributed by atoms with Crippen molar-refractivity contribution in [3.8, 4) is 0 Å². The first kappa shape index (κ1) is 19.1. The van der Waals surface area contributed by atoms with E-state index in [1.54, 1.807) is 0 Å². The van der Waals surface area contributed by atoms with E-state index in [9.17, 15) is 0 Å². The minimum Gasteiger partial charge on any atom is -0.346 e. The molecule has 0 aliphatic rings. The summed E-state index contributed by atoms with van der Waals surface area (Å²) in [5.74, 6) is 0. The van der Waals surface area contributed by atoms with E-state index in [1.807, 2.05) is 6.08 Å². The Labute approximate surface area is 143 Å². The maximum atomic E-state index is 6.23. The van der Waals surface area contributed by atoms with Gasteiger partial charge in [-0.1, -0.05) is 72.1 Å². The van der Waals surface area contributed by atoms with Gasteiger partial charge in [0, 0.05) is 15.9 Å². The third-order valence-corrected chi connectivity index (χ3v) is 7.99. The van der Waals surface area contributed by atoms with Crippen LogP contribution in [0.2, 0.25) is 0 Å². The van der Waals surface area contributed by atoms with Gasteiger partial charge in [0.05, 0.1) is 12.9 Å². The average Bonchev–Trinajstić information content (AvgIpc) is 2.48. The molecule has 0 heterocycles. The molecule has 0 N–H and O–H groups in total. The molecule has 0 amide bonds. The number of benzene rings is 1. The summed E-state index contributed by atoms with van der Waals surface area (Å²) in [6.45, 7) is 6.81. The molecular weight excluding hydrogens is 363 g/mol. The molecule has 0 spiro atoms. The number of unbranched alkanes of at least 4 members (excludes halogenated alkanes) is 4.